The van der Waals surface area contributed by atoms with E-state index in [0.717, 1.165) is 29.7 Å². The molecule has 1 amide bonds. The maximum Gasteiger partial charge on any atom is 0.312 e. The van der Waals surface area contributed by atoms with Crippen LogP contribution in [0.3, 0.4) is 0 Å². The second-order valence-corrected chi connectivity index (χ2v) is 17.2. The number of nitrogens with one attached hydrogen (secondary N) is 3. The average Bonchev–Trinajstić information content (AvgIpc) is 3.07. The largest absolute Gasteiger partial charge is 0.487 e. The number of carboxylic acids is 2. The minimum absolute atomic E-state index is 0.0606. The van der Waals surface area contributed by atoms with Crippen LogP contribution in [-0.4, -0.2) is 40.1 Å². The topological polar surface area (TPSA) is 146 Å². The van der Waals surface area contributed by atoms with Crippen LogP contribution in [0.4, 0.5) is 21.5 Å². The molecule has 2 aliphatic rings. The van der Waals surface area contributed by atoms with Crippen molar-refractivity contribution in [3.05, 3.63) is 107 Å². The van der Waals surface area contributed by atoms with Crippen LogP contribution in [0.2, 0.25) is 0 Å². The second-order valence-electron chi connectivity index (χ2n) is 13.8. The van der Waals surface area contributed by atoms with E-state index in [1.807, 2.05) is 18.2 Å². The van der Waals surface area contributed by atoms with E-state index < -0.39 is 24.3 Å². The Morgan fingerprint density at radius 3 is 1.89 bits per heavy atom. The number of hydrogen-bond acceptors (Lipinski definition) is 7. The molecule has 0 heterocycles. The summed E-state index contributed by atoms with van der Waals surface area (Å²) in [4.78, 5) is 33.0. The summed E-state index contributed by atoms with van der Waals surface area (Å²) in [5, 5.41) is 26.9. The molecule has 0 saturated heterocycles. The van der Waals surface area contributed by atoms with Crippen molar-refractivity contribution in [3.8, 4) is 11.5 Å². The van der Waals surface area contributed by atoms with E-state index in [1.165, 1.54) is 31.2 Å². The van der Waals surface area contributed by atoms with Crippen LogP contribution in [0, 0.1) is 12.7 Å². The Balaban J connectivity index is 0.000000215. The number of benzene rings is 4. The molecule has 10 nitrogen and oxygen atoms in total. The van der Waals surface area contributed by atoms with Crippen LogP contribution < -0.4 is 25.4 Å². The molecule has 4 aromatic rings. The molecule has 2 fully saturated rings. The van der Waals surface area contributed by atoms with Gasteiger partial charge in [-0.3, -0.25) is 14.4 Å². The molecule has 2 saturated carbocycles. The number of ether oxygens (including phenoxy) is 2. The second kappa shape index (κ2) is 20.7. The summed E-state index contributed by atoms with van der Waals surface area (Å²) in [7, 11) is 0. The highest BCUT2D eigenvalue weighted by Gasteiger charge is 2.20. The molecule has 5 N–H and O–H groups in total. The van der Waals surface area contributed by atoms with Crippen LogP contribution in [-0.2, 0) is 34.0 Å². The van der Waals surface area contributed by atoms with E-state index in [9.17, 15) is 18.8 Å². The van der Waals surface area contributed by atoms with Crippen molar-refractivity contribution >= 4 is 98.6 Å². The number of carbonyl (C=O) groups is 3. The summed E-state index contributed by atoms with van der Waals surface area (Å²) in [6, 6.07) is 19.6. The van der Waals surface area contributed by atoms with E-state index in [0.29, 0.717) is 71.4 Å². The van der Waals surface area contributed by atoms with Crippen LogP contribution in [0.25, 0.3) is 0 Å². The SMILES string of the molecule is Cc1cc(COc2c(Br)cc(NC(=O)CC(=O)O)cc2Br)cc(NC2CCC2)c1.O=C(O)CCc1cc(Br)c(OCc2cccc(NC3CCC3)c2F)c(Br)c1. The lowest BCUT2D eigenvalue weighted by Crippen LogP contribution is -2.27. The third-order valence-electron chi connectivity index (χ3n) is 9.19. The first kappa shape index (κ1) is 43.5. The normalized spacial score (nSPS) is 13.7. The van der Waals surface area contributed by atoms with E-state index in [4.69, 9.17) is 19.7 Å². The van der Waals surface area contributed by atoms with Crippen molar-refractivity contribution in [1.29, 1.82) is 0 Å². The van der Waals surface area contributed by atoms with Crippen molar-refractivity contribution in [2.24, 2.45) is 0 Å². The Hall–Kier alpha value is -3.66. The number of halogens is 5. The molecule has 15 heteroatoms. The number of carbonyl (C=O) groups excluding carboxylic acids is 1. The van der Waals surface area contributed by atoms with Crippen LogP contribution in [0.15, 0.2) is 78.6 Å². The van der Waals surface area contributed by atoms with Crippen molar-refractivity contribution in [3.63, 3.8) is 0 Å². The maximum atomic E-state index is 14.7. The van der Waals surface area contributed by atoms with Gasteiger partial charge in [-0.1, -0.05) is 18.2 Å². The highest BCUT2D eigenvalue weighted by Crippen LogP contribution is 2.38. The smallest absolute Gasteiger partial charge is 0.312 e. The molecule has 56 heavy (non-hydrogen) atoms. The van der Waals surface area contributed by atoms with E-state index in [2.05, 4.69) is 105 Å². The van der Waals surface area contributed by atoms with Gasteiger partial charge in [-0.25, -0.2) is 4.39 Å². The molecule has 298 valence electrons. The van der Waals surface area contributed by atoms with Crippen LogP contribution >= 0.6 is 63.7 Å². The molecular formula is C41H42Br4FN3O7. The number of anilines is 3. The average molecular weight is 1030 g/mol. The first-order valence-electron chi connectivity index (χ1n) is 18.1. The Morgan fingerprint density at radius 1 is 0.732 bits per heavy atom. The van der Waals surface area contributed by atoms with E-state index >= 15 is 0 Å². The number of hydrogen-bond donors (Lipinski definition) is 5. The Labute approximate surface area is 358 Å². The van der Waals surface area contributed by atoms with Gasteiger partial charge >= 0.3 is 11.9 Å². The zero-order chi connectivity index (χ0) is 40.4. The van der Waals surface area contributed by atoms with Gasteiger partial charge in [-0.05, 0) is 175 Å². The first-order chi connectivity index (χ1) is 26.7. The quantitative estimate of drug-likeness (QED) is 0.0692. The summed E-state index contributed by atoms with van der Waals surface area (Å²) in [6.07, 6.45) is 6.97. The van der Waals surface area contributed by atoms with Crippen molar-refractivity contribution in [1.82, 2.24) is 0 Å². The fourth-order valence-corrected chi connectivity index (χ4v) is 8.88. The van der Waals surface area contributed by atoms with Gasteiger partial charge in [0.05, 0.1) is 23.6 Å². The molecular weight excluding hydrogens is 985 g/mol. The summed E-state index contributed by atoms with van der Waals surface area (Å²) in [5.41, 5.74) is 5.69. The van der Waals surface area contributed by atoms with Crippen molar-refractivity contribution in [2.75, 3.05) is 16.0 Å². The van der Waals surface area contributed by atoms with Gasteiger partial charge in [0.2, 0.25) is 5.91 Å². The third-order valence-corrected chi connectivity index (χ3v) is 11.5. The Morgan fingerprint density at radius 2 is 1.32 bits per heavy atom. The third kappa shape index (κ3) is 12.9. The molecule has 0 bridgehead atoms. The highest BCUT2D eigenvalue weighted by atomic mass is 79.9. The molecule has 0 radical (unpaired) electrons. The number of aliphatic carboxylic acids is 2. The molecule has 0 aromatic heterocycles. The maximum absolute atomic E-state index is 14.7. The zero-order valence-electron chi connectivity index (χ0n) is 30.5. The molecule has 2 aliphatic carbocycles. The number of amides is 1. The van der Waals surface area contributed by atoms with Gasteiger partial charge in [-0.15, -0.1) is 0 Å². The van der Waals surface area contributed by atoms with E-state index in [1.54, 1.807) is 24.3 Å². The first-order valence-corrected chi connectivity index (χ1v) is 21.3. The summed E-state index contributed by atoms with van der Waals surface area (Å²) >= 11 is 13.8. The predicted molar refractivity (Wildman–Crippen MR) is 229 cm³/mol. The molecule has 6 rings (SSSR count). The lowest BCUT2D eigenvalue weighted by Gasteiger charge is -2.28. The molecule has 0 aliphatic heterocycles. The molecule has 0 spiro atoms. The summed E-state index contributed by atoms with van der Waals surface area (Å²) < 4.78 is 29.3. The fourth-order valence-electron chi connectivity index (χ4n) is 5.96. The van der Waals surface area contributed by atoms with Gasteiger partial charge in [0.1, 0.15) is 31.1 Å². The molecule has 0 unspecified atom stereocenters. The number of carboxylic acid groups (broad SMARTS) is 2. The summed E-state index contributed by atoms with van der Waals surface area (Å²) in [6.45, 7) is 2.55. The minimum Gasteiger partial charge on any atom is -0.487 e. The standard InChI is InChI=1S/C21H22Br2N2O4.C20H20Br2FNO3/c1-12-5-13(7-15(6-12)24-14-3-2-4-14)11-29-21-17(22)8-16(9-18(21)23)25-19(26)10-20(27)28;21-15-9-12(7-8-18(25)26)10-16(22)20(15)27-11-13-3-1-6-17(19(13)23)24-14-4-2-5-14/h5-9,14,24H,2-4,10-11H2,1H3,(H,25,26)(H,27,28);1,3,6,9-10,14,24H,2,4-5,7-8,11H2,(H,25,26). The number of aryl methyl sites for hydroxylation is 2. The lowest BCUT2D eigenvalue weighted by molar-refractivity contribution is -0.140. The van der Waals surface area contributed by atoms with Gasteiger partial charge in [0.25, 0.3) is 0 Å². The van der Waals surface area contributed by atoms with Gasteiger partial charge < -0.3 is 35.6 Å². The lowest BCUT2D eigenvalue weighted by atomic mass is 9.93. The Kier molecular flexibility index (Phi) is 16.0. The molecule has 4 aromatic carbocycles. The minimum atomic E-state index is -1.18. The van der Waals surface area contributed by atoms with Crippen molar-refractivity contribution in [2.45, 2.75) is 90.0 Å². The monoisotopic (exact) mass is 1020 g/mol. The van der Waals surface area contributed by atoms with E-state index in [-0.39, 0.29) is 18.8 Å². The molecule has 0 atom stereocenters. The number of rotatable bonds is 16. The van der Waals surface area contributed by atoms with Crippen molar-refractivity contribution < 1.29 is 38.5 Å². The van der Waals surface area contributed by atoms with Gasteiger partial charge in [0.15, 0.2) is 5.82 Å². The highest BCUT2D eigenvalue weighted by molar-refractivity contribution is 9.11. The van der Waals surface area contributed by atoms with Gasteiger partial charge in [0, 0.05) is 35.4 Å². The Bertz CT molecular complexity index is 2010. The van der Waals surface area contributed by atoms with Crippen LogP contribution in [0.5, 0.6) is 11.5 Å². The predicted octanol–water partition coefficient (Wildman–Crippen LogP) is 11.4. The van der Waals surface area contributed by atoms with Crippen LogP contribution in [0.1, 0.15) is 73.6 Å². The zero-order valence-corrected chi connectivity index (χ0v) is 36.9. The van der Waals surface area contributed by atoms with Gasteiger partial charge in [-0.2, -0.15) is 0 Å². The summed E-state index contributed by atoms with van der Waals surface area (Å²) in [5.74, 6) is -1.72. The fraction of sp³-hybridized carbons (Fsp3) is 0.341.